The van der Waals surface area contributed by atoms with Crippen molar-refractivity contribution in [3.63, 3.8) is 0 Å². The van der Waals surface area contributed by atoms with E-state index in [1.165, 1.54) is 12.1 Å². The quantitative estimate of drug-likeness (QED) is 0.840. The molecule has 0 unspecified atom stereocenters. The third-order valence-corrected chi connectivity index (χ3v) is 3.26. The van der Waals surface area contributed by atoms with E-state index >= 15 is 0 Å². The number of hydrogen-bond acceptors (Lipinski definition) is 1. The molecule has 1 aliphatic rings. The lowest BCUT2D eigenvalue weighted by Gasteiger charge is -2.22. The third-order valence-electron chi connectivity index (χ3n) is 3.26. The first-order chi connectivity index (χ1) is 8.05. The second kappa shape index (κ2) is 5.08. The summed E-state index contributed by atoms with van der Waals surface area (Å²) >= 11 is 0. The summed E-state index contributed by atoms with van der Waals surface area (Å²) in [5.74, 6) is 0.605. The number of alkyl halides is 3. The van der Waals surface area contributed by atoms with Gasteiger partial charge in [0.15, 0.2) is 0 Å². The Morgan fingerprint density at radius 2 is 1.65 bits per heavy atom. The number of piperidine rings is 1. The minimum absolute atomic E-state index is 0.563. The van der Waals surface area contributed by atoms with E-state index in [-0.39, 0.29) is 0 Å². The topological polar surface area (TPSA) is 12.0 Å². The van der Waals surface area contributed by atoms with Crippen LogP contribution in [0.5, 0.6) is 0 Å². The molecule has 1 nitrogen and oxygen atoms in total. The maximum Gasteiger partial charge on any atom is 0.416 e. The molecule has 0 amide bonds. The fraction of sp³-hybridized carbons (Fsp3) is 0.538. The summed E-state index contributed by atoms with van der Waals surface area (Å²) in [5, 5.41) is 3.28. The summed E-state index contributed by atoms with van der Waals surface area (Å²) in [6, 6.07) is 5.56. The zero-order valence-corrected chi connectivity index (χ0v) is 9.56. The van der Waals surface area contributed by atoms with E-state index in [1.54, 1.807) is 12.1 Å². The van der Waals surface area contributed by atoms with Crippen LogP contribution >= 0.6 is 0 Å². The standard InChI is InChI=1S/C13H16F3N/c14-13(15,16)12-3-1-10(2-4-12)9-11-5-7-17-8-6-11/h1-4,11,17H,5-9H2. The molecule has 2 rings (SSSR count). The van der Waals surface area contributed by atoms with Gasteiger partial charge in [-0.1, -0.05) is 12.1 Å². The Balaban J connectivity index is 1.98. The summed E-state index contributed by atoms with van der Waals surface area (Å²) < 4.78 is 37.1. The largest absolute Gasteiger partial charge is 0.416 e. The maximum absolute atomic E-state index is 12.4. The van der Waals surface area contributed by atoms with E-state index in [0.717, 1.165) is 37.9 Å². The van der Waals surface area contributed by atoms with Gasteiger partial charge in [0.1, 0.15) is 0 Å². The first-order valence-corrected chi connectivity index (χ1v) is 5.92. The average molecular weight is 243 g/mol. The predicted octanol–water partition coefficient (Wildman–Crippen LogP) is 3.25. The molecule has 94 valence electrons. The molecule has 1 aromatic carbocycles. The lowest BCUT2D eigenvalue weighted by Crippen LogP contribution is -2.28. The third kappa shape index (κ3) is 3.46. The highest BCUT2D eigenvalue weighted by molar-refractivity contribution is 5.24. The summed E-state index contributed by atoms with van der Waals surface area (Å²) in [6.07, 6.45) is -1.12. The van der Waals surface area contributed by atoms with Crippen LogP contribution in [0, 0.1) is 5.92 Å². The van der Waals surface area contributed by atoms with Crippen molar-refractivity contribution in [3.05, 3.63) is 35.4 Å². The Hall–Kier alpha value is -1.03. The van der Waals surface area contributed by atoms with Crippen molar-refractivity contribution >= 4 is 0 Å². The van der Waals surface area contributed by atoms with Crippen molar-refractivity contribution in [2.45, 2.75) is 25.4 Å². The van der Waals surface area contributed by atoms with Crippen LogP contribution in [0.4, 0.5) is 13.2 Å². The smallest absolute Gasteiger partial charge is 0.317 e. The lowest BCUT2D eigenvalue weighted by molar-refractivity contribution is -0.137. The molecule has 0 aliphatic carbocycles. The molecule has 0 atom stereocenters. The Labute approximate surface area is 99.0 Å². The molecule has 1 heterocycles. The molecular formula is C13H16F3N. The highest BCUT2D eigenvalue weighted by Gasteiger charge is 2.30. The van der Waals surface area contributed by atoms with Gasteiger partial charge in [-0.25, -0.2) is 0 Å². The van der Waals surface area contributed by atoms with E-state index in [0.29, 0.717) is 5.92 Å². The van der Waals surface area contributed by atoms with E-state index in [9.17, 15) is 13.2 Å². The number of benzene rings is 1. The predicted molar refractivity (Wildman–Crippen MR) is 60.7 cm³/mol. The Morgan fingerprint density at radius 3 is 2.18 bits per heavy atom. The second-order valence-electron chi connectivity index (χ2n) is 4.59. The van der Waals surface area contributed by atoms with Crippen LogP contribution < -0.4 is 5.32 Å². The van der Waals surface area contributed by atoms with Crippen LogP contribution in [0.1, 0.15) is 24.0 Å². The van der Waals surface area contributed by atoms with E-state index in [2.05, 4.69) is 5.32 Å². The maximum atomic E-state index is 12.4. The molecule has 0 spiro atoms. The number of nitrogens with one attached hydrogen (secondary N) is 1. The molecule has 1 fully saturated rings. The van der Waals surface area contributed by atoms with Crippen molar-refractivity contribution in [1.82, 2.24) is 5.32 Å². The molecule has 1 aliphatic heterocycles. The van der Waals surface area contributed by atoms with Gasteiger partial charge in [-0.2, -0.15) is 13.2 Å². The molecule has 0 bridgehead atoms. The summed E-state index contributed by atoms with van der Waals surface area (Å²) in [7, 11) is 0. The van der Waals surface area contributed by atoms with Crippen LogP contribution in [0.15, 0.2) is 24.3 Å². The van der Waals surface area contributed by atoms with Crippen molar-refractivity contribution < 1.29 is 13.2 Å². The van der Waals surface area contributed by atoms with Crippen LogP contribution in [-0.2, 0) is 12.6 Å². The average Bonchev–Trinajstić information content (AvgIpc) is 2.30. The normalized spacial score (nSPS) is 18.3. The van der Waals surface area contributed by atoms with Crippen molar-refractivity contribution in [1.29, 1.82) is 0 Å². The van der Waals surface area contributed by atoms with Gasteiger partial charge in [0.2, 0.25) is 0 Å². The summed E-state index contributed by atoms with van der Waals surface area (Å²) in [6.45, 7) is 2.04. The SMILES string of the molecule is FC(F)(F)c1ccc(CC2CCNCC2)cc1. The van der Waals surface area contributed by atoms with Crippen molar-refractivity contribution in [2.75, 3.05) is 13.1 Å². The molecule has 4 heteroatoms. The minimum atomic E-state index is -4.23. The van der Waals surface area contributed by atoms with Gasteiger partial charge in [0, 0.05) is 0 Å². The Morgan fingerprint density at radius 1 is 1.06 bits per heavy atom. The molecule has 1 aromatic rings. The van der Waals surface area contributed by atoms with Gasteiger partial charge in [0.05, 0.1) is 5.56 Å². The lowest BCUT2D eigenvalue weighted by atomic mass is 9.91. The molecule has 1 saturated heterocycles. The highest BCUT2D eigenvalue weighted by atomic mass is 19.4. The van der Waals surface area contributed by atoms with Gasteiger partial charge >= 0.3 is 6.18 Å². The second-order valence-corrected chi connectivity index (χ2v) is 4.59. The van der Waals surface area contributed by atoms with Gasteiger partial charge in [-0.15, -0.1) is 0 Å². The molecule has 0 radical (unpaired) electrons. The zero-order valence-electron chi connectivity index (χ0n) is 9.56. The molecule has 0 aromatic heterocycles. The van der Waals surface area contributed by atoms with Crippen LogP contribution in [0.25, 0.3) is 0 Å². The Kier molecular flexibility index (Phi) is 3.72. The fourth-order valence-electron chi connectivity index (χ4n) is 2.25. The van der Waals surface area contributed by atoms with Gasteiger partial charge in [-0.05, 0) is 56.0 Å². The van der Waals surface area contributed by atoms with Crippen LogP contribution in [-0.4, -0.2) is 13.1 Å². The van der Waals surface area contributed by atoms with Crippen LogP contribution in [0.2, 0.25) is 0 Å². The molecule has 0 saturated carbocycles. The van der Waals surface area contributed by atoms with Gasteiger partial charge < -0.3 is 5.32 Å². The van der Waals surface area contributed by atoms with E-state index in [4.69, 9.17) is 0 Å². The first-order valence-electron chi connectivity index (χ1n) is 5.92. The van der Waals surface area contributed by atoms with Crippen molar-refractivity contribution in [3.8, 4) is 0 Å². The van der Waals surface area contributed by atoms with Gasteiger partial charge in [0.25, 0.3) is 0 Å². The molecular weight excluding hydrogens is 227 g/mol. The fourth-order valence-corrected chi connectivity index (χ4v) is 2.25. The van der Waals surface area contributed by atoms with Gasteiger partial charge in [-0.3, -0.25) is 0 Å². The number of hydrogen-bond donors (Lipinski definition) is 1. The highest BCUT2D eigenvalue weighted by Crippen LogP contribution is 2.29. The molecule has 17 heavy (non-hydrogen) atoms. The first kappa shape index (κ1) is 12.4. The number of halogens is 3. The summed E-state index contributed by atoms with van der Waals surface area (Å²) in [4.78, 5) is 0. The van der Waals surface area contributed by atoms with Crippen molar-refractivity contribution in [2.24, 2.45) is 5.92 Å². The monoisotopic (exact) mass is 243 g/mol. The Bertz CT molecular complexity index is 350. The van der Waals surface area contributed by atoms with Crippen LogP contribution in [0.3, 0.4) is 0 Å². The van der Waals surface area contributed by atoms with E-state index < -0.39 is 11.7 Å². The summed E-state index contributed by atoms with van der Waals surface area (Å²) in [5.41, 5.74) is 0.441. The number of rotatable bonds is 2. The molecule has 1 N–H and O–H groups in total. The minimum Gasteiger partial charge on any atom is -0.317 e. The van der Waals surface area contributed by atoms with E-state index in [1.807, 2.05) is 0 Å². The zero-order chi connectivity index (χ0) is 12.3.